The van der Waals surface area contributed by atoms with Gasteiger partial charge in [-0.25, -0.2) is 9.59 Å². The average molecular weight is 204 g/mol. The number of carboxylic acid groups (broad SMARTS) is 3. The molecule has 1 saturated heterocycles. The van der Waals surface area contributed by atoms with Gasteiger partial charge in [-0.2, -0.15) is 0 Å². The van der Waals surface area contributed by atoms with Crippen molar-refractivity contribution in [1.29, 1.82) is 0 Å². The number of hydrogen-bond acceptors (Lipinski definition) is 3. The molecule has 1 heterocycles. The first-order valence-corrected chi connectivity index (χ1v) is 3.87. The van der Waals surface area contributed by atoms with Crippen molar-refractivity contribution < 1.29 is 29.6 Å². The summed E-state index contributed by atoms with van der Waals surface area (Å²) in [6, 6.07) is 0. The predicted molar refractivity (Wildman–Crippen MR) is 46.4 cm³/mol. The van der Waals surface area contributed by atoms with Crippen LogP contribution in [-0.4, -0.2) is 40.2 Å². The Morgan fingerprint density at radius 3 is 2.14 bits per heavy atom. The lowest BCUT2D eigenvalue weighted by molar-refractivity contribution is -0.132. The van der Waals surface area contributed by atoms with Gasteiger partial charge in [-0.05, 0) is 13.3 Å². The molecule has 1 unspecified atom stereocenters. The van der Waals surface area contributed by atoms with Gasteiger partial charge in [-0.3, -0.25) is 0 Å². The Labute approximate surface area is 80.4 Å². The Balaban J connectivity index is 0.000000364. The molecular weight excluding hydrogens is 192 g/mol. The minimum absolute atomic E-state index is 0.286. The highest BCUT2D eigenvalue weighted by Gasteiger charge is 2.20. The van der Waals surface area contributed by atoms with E-state index in [2.05, 4.69) is 0 Å². The van der Waals surface area contributed by atoms with Gasteiger partial charge in [-0.15, -0.1) is 0 Å². The van der Waals surface area contributed by atoms with E-state index in [4.69, 9.17) is 24.9 Å². The summed E-state index contributed by atoms with van der Waals surface area (Å²) in [5.41, 5.74) is 0.399. The van der Waals surface area contributed by atoms with Gasteiger partial charge >= 0.3 is 12.1 Å². The fourth-order valence-corrected chi connectivity index (χ4v) is 0.600. The molecule has 0 aromatic rings. The number of rotatable bonds is 3. The van der Waals surface area contributed by atoms with Crippen LogP contribution < -0.4 is 0 Å². The van der Waals surface area contributed by atoms with E-state index in [1.165, 1.54) is 0 Å². The molecule has 0 aromatic carbocycles. The van der Waals surface area contributed by atoms with Crippen molar-refractivity contribution in [1.82, 2.24) is 0 Å². The molecule has 1 fully saturated rings. The van der Waals surface area contributed by atoms with Gasteiger partial charge in [0.1, 0.15) is 0 Å². The minimum Gasteiger partial charge on any atom is -0.478 e. The molecule has 0 radical (unpaired) electrons. The number of carboxylic acids is 1. The highest BCUT2D eigenvalue weighted by molar-refractivity contribution is 5.85. The molecule has 0 spiro atoms. The second kappa shape index (κ2) is 5.98. The van der Waals surface area contributed by atoms with Crippen molar-refractivity contribution in [3.63, 3.8) is 0 Å². The zero-order valence-electron chi connectivity index (χ0n) is 7.64. The Morgan fingerprint density at radius 1 is 1.43 bits per heavy atom. The zero-order valence-corrected chi connectivity index (χ0v) is 7.64. The molecule has 1 aliphatic rings. The third-order valence-corrected chi connectivity index (χ3v) is 1.43. The molecule has 0 aliphatic carbocycles. The largest absolute Gasteiger partial charge is 0.503 e. The first-order valence-electron chi connectivity index (χ1n) is 3.87. The van der Waals surface area contributed by atoms with Gasteiger partial charge in [0.2, 0.25) is 0 Å². The Hall–Kier alpha value is -1.56. The Kier molecular flexibility index (Phi) is 5.31. The van der Waals surface area contributed by atoms with Crippen molar-refractivity contribution in [2.24, 2.45) is 0 Å². The van der Waals surface area contributed by atoms with E-state index in [-0.39, 0.29) is 6.10 Å². The van der Waals surface area contributed by atoms with Crippen LogP contribution in [0, 0.1) is 0 Å². The van der Waals surface area contributed by atoms with Gasteiger partial charge < -0.3 is 20.1 Å². The normalized spacial score (nSPS) is 19.2. The van der Waals surface area contributed by atoms with Crippen molar-refractivity contribution >= 4 is 12.1 Å². The fraction of sp³-hybridized carbons (Fsp3) is 0.500. The Bertz CT molecular complexity index is 236. The first kappa shape index (κ1) is 12.4. The molecule has 3 N–H and O–H groups in total. The van der Waals surface area contributed by atoms with E-state index in [9.17, 15) is 4.79 Å². The van der Waals surface area contributed by atoms with Crippen molar-refractivity contribution in [2.45, 2.75) is 19.4 Å². The summed E-state index contributed by atoms with van der Waals surface area (Å²) in [6.45, 7) is 2.37. The lowest BCUT2D eigenvalue weighted by Crippen LogP contribution is -1.96. The van der Waals surface area contributed by atoms with Crippen molar-refractivity contribution in [3.05, 3.63) is 11.6 Å². The topological polar surface area (TPSA) is 107 Å². The summed E-state index contributed by atoms with van der Waals surface area (Å²) < 4.78 is 4.90. The maximum absolute atomic E-state index is 10.2. The zero-order chi connectivity index (χ0) is 11.1. The molecule has 0 bridgehead atoms. The minimum atomic E-state index is -1.83. The van der Waals surface area contributed by atoms with E-state index in [1.807, 2.05) is 0 Å². The van der Waals surface area contributed by atoms with Crippen LogP contribution >= 0.6 is 0 Å². The van der Waals surface area contributed by atoms with Crippen LogP contribution in [0.5, 0.6) is 0 Å². The van der Waals surface area contributed by atoms with E-state index >= 15 is 0 Å². The second-order valence-corrected chi connectivity index (χ2v) is 2.67. The van der Waals surface area contributed by atoms with Crippen LogP contribution in [0.25, 0.3) is 0 Å². The second-order valence-electron chi connectivity index (χ2n) is 2.67. The first-order chi connectivity index (χ1) is 6.43. The van der Waals surface area contributed by atoms with Crippen LogP contribution in [0.15, 0.2) is 11.6 Å². The van der Waals surface area contributed by atoms with E-state index in [1.54, 1.807) is 13.0 Å². The van der Waals surface area contributed by atoms with Crippen molar-refractivity contribution in [2.75, 3.05) is 6.61 Å². The Morgan fingerprint density at radius 2 is 1.86 bits per heavy atom. The number of aliphatic carboxylic acids is 1. The highest BCUT2D eigenvalue weighted by atomic mass is 16.6. The van der Waals surface area contributed by atoms with Crippen LogP contribution in [0.2, 0.25) is 0 Å². The lowest BCUT2D eigenvalue weighted by atomic mass is 10.2. The van der Waals surface area contributed by atoms with E-state index < -0.39 is 12.1 Å². The number of hydrogen-bond donors (Lipinski definition) is 3. The maximum Gasteiger partial charge on any atom is 0.503 e. The monoisotopic (exact) mass is 204 g/mol. The van der Waals surface area contributed by atoms with Gasteiger partial charge in [0.25, 0.3) is 0 Å². The molecule has 0 amide bonds. The average Bonchev–Trinajstić information content (AvgIpc) is 2.81. The van der Waals surface area contributed by atoms with Gasteiger partial charge in [0, 0.05) is 5.57 Å². The summed E-state index contributed by atoms with van der Waals surface area (Å²) in [5, 5.41) is 22.4. The molecule has 1 atom stereocenters. The van der Waals surface area contributed by atoms with Crippen LogP contribution in [0.4, 0.5) is 4.79 Å². The van der Waals surface area contributed by atoms with Crippen LogP contribution in [-0.2, 0) is 9.53 Å². The van der Waals surface area contributed by atoms with E-state index in [0.29, 0.717) is 5.57 Å². The summed E-state index contributed by atoms with van der Waals surface area (Å²) in [7, 11) is 0. The third-order valence-electron chi connectivity index (χ3n) is 1.43. The van der Waals surface area contributed by atoms with Gasteiger partial charge in [0.15, 0.2) is 0 Å². The molecule has 0 aromatic heterocycles. The SMILES string of the molecule is C/C(=C\CC1CO1)C(=O)O.O=C(O)O. The summed E-state index contributed by atoms with van der Waals surface area (Å²) in [4.78, 5) is 18.8. The quantitative estimate of drug-likeness (QED) is 0.468. The molecule has 6 nitrogen and oxygen atoms in total. The smallest absolute Gasteiger partial charge is 0.478 e. The predicted octanol–water partition coefficient (Wildman–Crippen LogP) is 1.03. The number of ether oxygens (including phenoxy) is 1. The maximum atomic E-state index is 10.2. The number of carbonyl (C=O) groups is 2. The number of epoxide rings is 1. The summed E-state index contributed by atoms with van der Waals surface area (Å²) >= 11 is 0. The van der Waals surface area contributed by atoms with Crippen LogP contribution in [0.1, 0.15) is 13.3 Å². The standard InChI is InChI=1S/C7H10O3.CH2O3/c1-5(7(8)9)2-3-6-4-10-6;2-1(3)4/h2,6H,3-4H2,1H3,(H,8,9);(H2,2,3,4)/b5-2+;. The van der Waals surface area contributed by atoms with Gasteiger partial charge in [-0.1, -0.05) is 6.08 Å². The molecule has 1 rings (SSSR count). The van der Waals surface area contributed by atoms with Crippen LogP contribution in [0.3, 0.4) is 0 Å². The summed E-state index contributed by atoms with van der Waals surface area (Å²) in [5.74, 6) is -0.847. The fourth-order valence-electron chi connectivity index (χ4n) is 0.600. The highest BCUT2D eigenvalue weighted by Crippen LogP contribution is 2.14. The third kappa shape index (κ3) is 8.54. The molecule has 14 heavy (non-hydrogen) atoms. The van der Waals surface area contributed by atoms with E-state index in [0.717, 1.165) is 13.0 Å². The molecule has 6 heteroatoms. The molecular formula is C8H12O6. The molecule has 1 aliphatic heterocycles. The molecule has 80 valence electrons. The summed E-state index contributed by atoms with van der Waals surface area (Å²) in [6.07, 6.45) is 0.882. The van der Waals surface area contributed by atoms with Crippen molar-refractivity contribution in [3.8, 4) is 0 Å². The lowest BCUT2D eigenvalue weighted by Gasteiger charge is -1.89. The van der Waals surface area contributed by atoms with Gasteiger partial charge in [0.05, 0.1) is 12.7 Å². The molecule has 0 saturated carbocycles.